The van der Waals surface area contributed by atoms with Gasteiger partial charge in [-0.05, 0) is 17.7 Å². The van der Waals surface area contributed by atoms with Gasteiger partial charge in [0.25, 0.3) is 0 Å². The molecule has 1 amide bonds. The molecule has 1 aromatic carbocycles. The molecule has 1 aliphatic heterocycles. The molecule has 0 atom stereocenters. The summed E-state index contributed by atoms with van der Waals surface area (Å²) < 4.78 is 38.9. The fourth-order valence-electron chi connectivity index (χ4n) is 2.70. The number of carbonyl (C=O) groups excluding carboxylic acids is 1. The Bertz CT molecular complexity index is 737. The lowest BCUT2D eigenvalue weighted by Gasteiger charge is -2.34. The van der Waals surface area contributed by atoms with E-state index in [1.54, 1.807) is 4.90 Å². The lowest BCUT2D eigenvalue weighted by Crippen LogP contribution is -2.49. The van der Waals surface area contributed by atoms with Gasteiger partial charge in [-0.2, -0.15) is 23.0 Å². The van der Waals surface area contributed by atoms with Gasteiger partial charge in [0.15, 0.2) is 0 Å². The van der Waals surface area contributed by atoms with Crippen molar-refractivity contribution in [3.63, 3.8) is 0 Å². The van der Waals surface area contributed by atoms with E-state index < -0.39 is 11.7 Å². The van der Waals surface area contributed by atoms with Crippen LogP contribution in [0.15, 0.2) is 36.7 Å². The predicted octanol–water partition coefficient (Wildman–Crippen LogP) is 3.34. The van der Waals surface area contributed by atoms with Gasteiger partial charge in [0.1, 0.15) is 0 Å². The van der Waals surface area contributed by atoms with Gasteiger partial charge in [0, 0.05) is 32.7 Å². The molecule has 3 rings (SSSR count). The number of hydrogen-bond acceptors (Lipinski definition) is 3. The van der Waals surface area contributed by atoms with E-state index in [0.29, 0.717) is 37.7 Å². The van der Waals surface area contributed by atoms with E-state index in [1.165, 1.54) is 29.2 Å². The Hall–Kier alpha value is -2.06. The maximum absolute atomic E-state index is 12.6. The largest absolute Gasteiger partial charge is 0.416 e. The van der Waals surface area contributed by atoms with Crippen LogP contribution in [-0.2, 0) is 12.7 Å². The van der Waals surface area contributed by atoms with Gasteiger partial charge < -0.3 is 4.90 Å². The van der Waals surface area contributed by atoms with Gasteiger partial charge in [-0.15, -0.1) is 0 Å². The van der Waals surface area contributed by atoms with Crippen LogP contribution in [0.2, 0.25) is 5.02 Å². The lowest BCUT2D eigenvalue weighted by atomic mass is 10.1. The van der Waals surface area contributed by atoms with Crippen molar-refractivity contribution < 1.29 is 18.0 Å². The molecule has 1 aromatic heterocycles. The second kappa shape index (κ2) is 7.05. The summed E-state index contributed by atoms with van der Waals surface area (Å²) in [6.07, 6.45) is -1.46. The Morgan fingerprint density at radius 1 is 1.12 bits per heavy atom. The Labute approximate surface area is 147 Å². The molecule has 1 aliphatic rings. The van der Waals surface area contributed by atoms with E-state index in [1.807, 2.05) is 0 Å². The van der Waals surface area contributed by atoms with Crippen LogP contribution >= 0.6 is 11.6 Å². The molecule has 0 N–H and O–H groups in total. The molecule has 2 aromatic rings. The van der Waals surface area contributed by atoms with Gasteiger partial charge >= 0.3 is 12.2 Å². The Morgan fingerprint density at radius 3 is 2.28 bits per heavy atom. The summed E-state index contributed by atoms with van der Waals surface area (Å²) in [7, 11) is 0. The first kappa shape index (κ1) is 17.8. The summed E-state index contributed by atoms with van der Waals surface area (Å²) in [6, 6.07) is 4.94. The SMILES string of the molecule is O=C(N1CCN(Cc2ccc(C(F)(F)F)cc2)CC1)n1cc(Cl)cn1. The van der Waals surface area contributed by atoms with Crippen molar-refractivity contribution in [2.24, 2.45) is 0 Å². The van der Waals surface area contributed by atoms with Gasteiger partial charge in [-0.1, -0.05) is 23.7 Å². The molecule has 0 radical (unpaired) electrons. The number of rotatable bonds is 2. The molecule has 9 heteroatoms. The number of benzene rings is 1. The van der Waals surface area contributed by atoms with E-state index in [-0.39, 0.29) is 6.03 Å². The third-order valence-corrected chi connectivity index (χ3v) is 4.27. The number of piperazine rings is 1. The smallest absolute Gasteiger partial charge is 0.320 e. The van der Waals surface area contributed by atoms with Crippen LogP contribution in [0, 0.1) is 0 Å². The third-order valence-electron chi connectivity index (χ3n) is 4.08. The van der Waals surface area contributed by atoms with E-state index in [9.17, 15) is 18.0 Å². The first-order valence-electron chi connectivity index (χ1n) is 7.71. The number of aromatic nitrogens is 2. The zero-order valence-corrected chi connectivity index (χ0v) is 14.0. The van der Waals surface area contributed by atoms with Gasteiger partial charge in [0.2, 0.25) is 0 Å². The first-order chi connectivity index (χ1) is 11.8. The van der Waals surface area contributed by atoms with Crippen molar-refractivity contribution in [1.29, 1.82) is 0 Å². The van der Waals surface area contributed by atoms with Gasteiger partial charge in [0.05, 0.1) is 23.0 Å². The Kier molecular flexibility index (Phi) is 5.01. The molecule has 0 aliphatic carbocycles. The van der Waals surface area contributed by atoms with Crippen molar-refractivity contribution in [1.82, 2.24) is 19.6 Å². The third kappa shape index (κ3) is 4.32. The Morgan fingerprint density at radius 2 is 1.76 bits per heavy atom. The highest BCUT2D eigenvalue weighted by molar-refractivity contribution is 6.30. The molecule has 0 bridgehead atoms. The quantitative estimate of drug-likeness (QED) is 0.812. The van der Waals surface area contributed by atoms with Crippen molar-refractivity contribution in [2.75, 3.05) is 26.2 Å². The predicted molar refractivity (Wildman–Crippen MR) is 86.3 cm³/mol. The van der Waals surface area contributed by atoms with Crippen molar-refractivity contribution in [3.05, 3.63) is 52.8 Å². The molecule has 1 saturated heterocycles. The molecule has 1 fully saturated rings. The van der Waals surface area contributed by atoms with Gasteiger partial charge in [-0.3, -0.25) is 4.90 Å². The maximum Gasteiger partial charge on any atom is 0.416 e. The van der Waals surface area contributed by atoms with Crippen LogP contribution in [0.5, 0.6) is 0 Å². The summed E-state index contributed by atoms with van der Waals surface area (Å²) in [5, 5.41) is 4.29. The highest BCUT2D eigenvalue weighted by atomic mass is 35.5. The highest BCUT2D eigenvalue weighted by Crippen LogP contribution is 2.29. The van der Waals surface area contributed by atoms with E-state index in [4.69, 9.17) is 11.6 Å². The molecular weight excluding hydrogens is 357 g/mol. The number of nitrogens with zero attached hydrogens (tertiary/aromatic N) is 4. The number of halogens is 4. The van der Waals surface area contributed by atoms with Crippen molar-refractivity contribution >= 4 is 17.6 Å². The van der Waals surface area contributed by atoms with Gasteiger partial charge in [-0.25, -0.2) is 4.79 Å². The standard InChI is InChI=1S/C16H16ClF3N4O/c17-14-9-21-24(11-14)15(25)23-7-5-22(6-8-23)10-12-1-3-13(4-2-12)16(18,19)20/h1-4,9,11H,5-8,10H2. The minimum Gasteiger partial charge on any atom is -0.320 e. The summed E-state index contributed by atoms with van der Waals surface area (Å²) in [4.78, 5) is 16.0. The number of hydrogen-bond donors (Lipinski definition) is 0. The normalized spacial score (nSPS) is 16.2. The van der Waals surface area contributed by atoms with Crippen molar-refractivity contribution in [3.8, 4) is 0 Å². The minimum absolute atomic E-state index is 0.235. The van der Waals surface area contributed by atoms with Crippen LogP contribution in [0.1, 0.15) is 11.1 Å². The Balaban J connectivity index is 1.53. The summed E-state index contributed by atoms with van der Waals surface area (Å²) in [5.41, 5.74) is 0.163. The molecule has 0 unspecified atom stereocenters. The number of carbonyl (C=O) groups is 1. The lowest BCUT2D eigenvalue weighted by molar-refractivity contribution is -0.137. The number of amides is 1. The molecule has 2 heterocycles. The van der Waals surface area contributed by atoms with E-state index in [0.717, 1.165) is 17.7 Å². The topological polar surface area (TPSA) is 41.4 Å². The molecular formula is C16H16ClF3N4O. The summed E-state index contributed by atoms with van der Waals surface area (Å²) in [5.74, 6) is 0. The first-order valence-corrected chi connectivity index (χ1v) is 8.09. The van der Waals surface area contributed by atoms with Crippen LogP contribution in [-0.4, -0.2) is 51.8 Å². The second-order valence-electron chi connectivity index (χ2n) is 5.84. The van der Waals surface area contributed by atoms with Crippen LogP contribution in [0.4, 0.5) is 18.0 Å². The second-order valence-corrected chi connectivity index (χ2v) is 6.28. The van der Waals surface area contributed by atoms with Crippen molar-refractivity contribution in [2.45, 2.75) is 12.7 Å². The summed E-state index contributed by atoms with van der Waals surface area (Å²) in [6.45, 7) is 2.88. The maximum atomic E-state index is 12.6. The molecule has 25 heavy (non-hydrogen) atoms. The zero-order chi connectivity index (χ0) is 18.0. The van der Waals surface area contributed by atoms with Crippen LogP contribution in [0.25, 0.3) is 0 Å². The molecule has 0 spiro atoms. The molecule has 0 saturated carbocycles. The monoisotopic (exact) mass is 372 g/mol. The highest BCUT2D eigenvalue weighted by Gasteiger charge is 2.30. The van der Waals surface area contributed by atoms with Crippen LogP contribution in [0.3, 0.4) is 0 Å². The molecule has 134 valence electrons. The van der Waals surface area contributed by atoms with E-state index >= 15 is 0 Å². The fourth-order valence-corrected chi connectivity index (χ4v) is 2.84. The fraction of sp³-hybridized carbons (Fsp3) is 0.375. The van der Waals surface area contributed by atoms with Crippen LogP contribution < -0.4 is 0 Å². The average Bonchev–Trinajstić information content (AvgIpc) is 3.01. The minimum atomic E-state index is -4.32. The average molecular weight is 373 g/mol. The number of alkyl halides is 3. The zero-order valence-electron chi connectivity index (χ0n) is 13.2. The summed E-state index contributed by atoms with van der Waals surface area (Å²) >= 11 is 5.76. The van der Waals surface area contributed by atoms with E-state index in [2.05, 4.69) is 10.00 Å². The molecule has 5 nitrogen and oxygen atoms in total.